The fourth-order valence-corrected chi connectivity index (χ4v) is 1.78. The molecule has 0 saturated carbocycles. The molecule has 16 heavy (non-hydrogen) atoms. The minimum absolute atomic E-state index is 0.171. The lowest BCUT2D eigenvalue weighted by atomic mass is 10.3. The Kier molecular flexibility index (Phi) is 3.07. The SMILES string of the molecule is O=C(Nc1ccc(O)cc1)Nc1cccs1. The molecule has 3 N–H and O–H groups in total. The minimum Gasteiger partial charge on any atom is -0.508 e. The van der Waals surface area contributed by atoms with Crippen molar-refractivity contribution in [1.29, 1.82) is 0 Å². The Morgan fingerprint density at radius 3 is 2.50 bits per heavy atom. The number of hydrogen-bond donors (Lipinski definition) is 3. The summed E-state index contributed by atoms with van der Waals surface area (Å²) in [5, 5.41) is 17.1. The molecule has 0 atom stereocenters. The molecule has 1 aromatic heterocycles. The highest BCUT2D eigenvalue weighted by Gasteiger charge is 2.02. The summed E-state index contributed by atoms with van der Waals surface area (Å²) in [6, 6.07) is 9.67. The lowest BCUT2D eigenvalue weighted by molar-refractivity contribution is 0.262. The number of carbonyl (C=O) groups excluding carboxylic acids is 1. The minimum atomic E-state index is -0.298. The third kappa shape index (κ3) is 2.74. The van der Waals surface area contributed by atoms with Crippen molar-refractivity contribution < 1.29 is 9.90 Å². The number of amides is 2. The molecule has 0 unspecified atom stereocenters. The van der Waals surface area contributed by atoms with Crippen LogP contribution < -0.4 is 10.6 Å². The zero-order valence-electron chi connectivity index (χ0n) is 8.31. The molecule has 0 radical (unpaired) electrons. The molecule has 0 fully saturated rings. The van der Waals surface area contributed by atoms with E-state index in [1.165, 1.54) is 23.5 Å². The van der Waals surface area contributed by atoms with Gasteiger partial charge in [0.1, 0.15) is 5.75 Å². The lowest BCUT2D eigenvalue weighted by Crippen LogP contribution is -2.18. The highest BCUT2D eigenvalue weighted by Crippen LogP contribution is 2.17. The number of phenolic OH excluding ortho intramolecular Hbond substituents is 1. The Labute approximate surface area is 96.5 Å². The molecule has 1 aromatic carbocycles. The Morgan fingerprint density at radius 2 is 1.88 bits per heavy atom. The molecule has 0 saturated heterocycles. The van der Waals surface area contributed by atoms with Crippen molar-refractivity contribution in [1.82, 2.24) is 0 Å². The van der Waals surface area contributed by atoms with Crippen molar-refractivity contribution in [2.24, 2.45) is 0 Å². The van der Waals surface area contributed by atoms with Gasteiger partial charge in [0.2, 0.25) is 0 Å². The van der Waals surface area contributed by atoms with E-state index in [4.69, 9.17) is 5.11 Å². The van der Waals surface area contributed by atoms with Crippen molar-refractivity contribution in [2.75, 3.05) is 10.6 Å². The summed E-state index contributed by atoms with van der Waals surface area (Å²) < 4.78 is 0. The average molecular weight is 234 g/mol. The summed E-state index contributed by atoms with van der Waals surface area (Å²) in [7, 11) is 0. The van der Waals surface area contributed by atoms with Crippen LogP contribution in [0.3, 0.4) is 0 Å². The van der Waals surface area contributed by atoms with Gasteiger partial charge in [0.05, 0.1) is 5.00 Å². The third-order valence-electron chi connectivity index (χ3n) is 1.88. The Hall–Kier alpha value is -2.01. The topological polar surface area (TPSA) is 61.4 Å². The van der Waals surface area contributed by atoms with Crippen LogP contribution in [-0.4, -0.2) is 11.1 Å². The van der Waals surface area contributed by atoms with Crippen LogP contribution in [0.1, 0.15) is 0 Å². The van der Waals surface area contributed by atoms with Crippen molar-refractivity contribution in [3.05, 3.63) is 41.8 Å². The molecule has 0 aliphatic carbocycles. The van der Waals surface area contributed by atoms with Gasteiger partial charge in [-0.05, 0) is 41.8 Å². The van der Waals surface area contributed by atoms with Crippen molar-refractivity contribution >= 4 is 28.1 Å². The molecular weight excluding hydrogens is 224 g/mol. The van der Waals surface area contributed by atoms with Gasteiger partial charge in [0.15, 0.2) is 0 Å². The second kappa shape index (κ2) is 4.67. The maximum Gasteiger partial charge on any atom is 0.324 e. The molecule has 82 valence electrons. The van der Waals surface area contributed by atoms with Gasteiger partial charge in [-0.2, -0.15) is 0 Å². The van der Waals surface area contributed by atoms with E-state index in [0.29, 0.717) is 5.69 Å². The van der Waals surface area contributed by atoms with Crippen LogP contribution in [0.15, 0.2) is 41.8 Å². The van der Waals surface area contributed by atoms with Gasteiger partial charge in [-0.1, -0.05) is 0 Å². The Balaban J connectivity index is 1.95. The molecule has 0 bridgehead atoms. The number of benzene rings is 1. The quantitative estimate of drug-likeness (QED) is 0.699. The van der Waals surface area contributed by atoms with Gasteiger partial charge in [0.25, 0.3) is 0 Å². The van der Waals surface area contributed by atoms with Gasteiger partial charge in [0, 0.05) is 5.69 Å². The Bertz CT molecular complexity index is 465. The highest BCUT2D eigenvalue weighted by molar-refractivity contribution is 7.14. The molecule has 5 heteroatoms. The molecule has 0 aliphatic rings. The van der Waals surface area contributed by atoms with Crippen LogP contribution in [0.4, 0.5) is 15.5 Å². The molecule has 4 nitrogen and oxygen atoms in total. The van der Waals surface area contributed by atoms with Crippen LogP contribution in [0.5, 0.6) is 5.75 Å². The number of anilines is 2. The third-order valence-corrected chi connectivity index (χ3v) is 2.67. The van der Waals surface area contributed by atoms with E-state index < -0.39 is 0 Å². The number of carbonyl (C=O) groups is 1. The summed E-state index contributed by atoms with van der Waals surface area (Å²) in [6.45, 7) is 0. The fraction of sp³-hybridized carbons (Fsp3) is 0. The number of thiophene rings is 1. The maximum absolute atomic E-state index is 11.5. The smallest absolute Gasteiger partial charge is 0.324 e. The van der Waals surface area contributed by atoms with E-state index in [0.717, 1.165) is 5.00 Å². The Morgan fingerprint density at radius 1 is 1.12 bits per heavy atom. The van der Waals surface area contributed by atoms with E-state index in [1.807, 2.05) is 17.5 Å². The molecular formula is C11H10N2O2S. The summed E-state index contributed by atoms with van der Waals surface area (Å²) >= 11 is 1.45. The molecule has 2 rings (SSSR count). The van der Waals surface area contributed by atoms with E-state index in [9.17, 15) is 4.79 Å². The number of nitrogens with one attached hydrogen (secondary N) is 2. The van der Waals surface area contributed by atoms with E-state index in [2.05, 4.69) is 10.6 Å². The van der Waals surface area contributed by atoms with Crippen LogP contribution in [0.25, 0.3) is 0 Å². The number of urea groups is 1. The normalized spacial score (nSPS) is 9.75. The van der Waals surface area contributed by atoms with Crippen molar-refractivity contribution in [3.63, 3.8) is 0 Å². The second-order valence-corrected chi connectivity index (χ2v) is 4.05. The molecule has 2 amide bonds. The molecule has 0 aliphatic heterocycles. The van der Waals surface area contributed by atoms with Gasteiger partial charge in [-0.15, -0.1) is 11.3 Å². The van der Waals surface area contributed by atoms with Crippen molar-refractivity contribution in [2.45, 2.75) is 0 Å². The number of phenols is 1. The predicted octanol–water partition coefficient (Wildman–Crippen LogP) is 3.10. The largest absolute Gasteiger partial charge is 0.508 e. The molecule has 2 aromatic rings. The number of aromatic hydroxyl groups is 1. The van der Waals surface area contributed by atoms with E-state index in [-0.39, 0.29) is 11.8 Å². The first kappa shape index (κ1) is 10.5. The summed E-state index contributed by atoms with van der Waals surface area (Å²) in [5.41, 5.74) is 0.631. The first-order chi connectivity index (χ1) is 7.74. The van der Waals surface area contributed by atoms with Crippen LogP contribution in [0, 0.1) is 0 Å². The predicted molar refractivity (Wildman–Crippen MR) is 65.1 cm³/mol. The zero-order chi connectivity index (χ0) is 11.4. The van der Waals surface area contributed by atoms with Crippen LogP contribution >= 0.6 is 11.3 Å². The standard InChI is InChI=1S/C11H10N2O2S/c14-9-5-3-8(4-6-9)12-11(15)13-10-2-1-7-16-10/h1-7,14H,(H2,12,13,15). The summed E-state index contributed by atoms with van der Waals surface area (Å²) in [4.78, 5) is 11.5. The van der Waals surface area contributed by atoms with Gasteiger partial charge in [-0.25, -0.2) is 4.79 Å². The zero-order valence-corrected chi connectivity index (χ0v) is 9.12. The van der Waals surface area contributed by atoms with E-state index in [1.54, 1.807) is 12.1 Å². The van der Waals surface area contributed by atoms with Crippen LogP contribution in [-0.2, 0) is 0 Å². The van der Waals surface area contributed by atoms with Crippen LogP contribution in [0.2, 0.25) is 0 Å². The van der Waals surface area contributed by atoms with Gasteiger partial charge in [-0.3, -0.25) is 5.32 Å². The highest BCUT2D eigenvalue weighted by atomic mass is 32.1. The fourth-order valence-electron chi connectivity index (χ4n) is 1.17. The first-order valence-corrected chi connectivity index (χ1v) is 5.52. The number of rotatable bonds is 2. The first-order valence-electron chi connectivity index (χ1n) is 4.64. The van der Waals surface area contributed by atoms with Crippen molar-refractivity contribution in [3.8, 4) is 5.75 Å². The summed E-state index contributed by atoms with van der Waals surface area (Å²) in [6.07, 6.45) is 0. The average Bonchev–Trinajstić information content (AvgIpc) is 2.74. The number of hydrogen-bond acceptors (Lipinski definition) is 3. The van der Waals surface area contributed by atoms with Gasteiger partial charge >= 0.3 is 6.03 Å². The second-order valence-electron chi connectivity index (χ2n) is 3.10. The lowest BCUT2D eigenvalue weighted by Gasteiger charge is -2.05. The molecule has 0 spiro atoms. The monoisotopic (exact) mass is 234 g/mol. The molecule has 1 heterocycles. The van der Waals surface area contributed by atoms with Gasteiger partial charge < -0.3 is 10.4 Å². The maximum atomic E-state index is 11.5. The van der Waals surface area contributed by atoms with E-state index >= 15 is 0 Å². The summed E-state index contributed by atoms with van der Waals surface area (Å²) in [5.74, 6) is 0.171.